The Kier molecular flexibility index (Phi) is 7.32. The minimum Gasteiger partial charge on any atom is -0.364 e. The summed E-state index contributed by atoms with van der Waals surface area (Å²) in [5, 5.41) is 0. The van der Waals surface area contributed by atoms with Gasteiger partial charge in [0.25, 0.3) is 5.91 Å². The van der Waals surface area contributed by atoms with Crippen molar-refractivity contribution in [3.63, 3.8) is 0 Å². The molecule has 3 aliphatic heterocycles. The fraction of sp³-hybridized carbons (Fsp3) is 0.950. The lowest BCUT2D eigenvalue weighted by molar-refractivity contribution is -0.141. The molecule has 0 bridgehead atoms. The van der Waals surface area contributed by atoms with Crippen molar-refractivity contribution >= 4 is 5.91 Å². The molecule has 0 saturated carbocycles. The van der Waals surface area contributed by atoms with Crippen molar-refractivity contribution in [1.82, 2.24) is 14.7 Å². The minimum absolute atomic E-state index is 0.0706. The van der Waals surface area contributed by atoms with E-state index < -0.39 is 0 Å². The van der Waals surface area contributed by atoms with Crippen LogP contribution in [0.5, 0.6) is 0 Å². The molecular formula is C20H38N4O2. The molecule has 1 amide bonds. The van der Waals surface area contributed by atoms with Gasteiger partial charge in [-0.3, -0.25) is 4.79 Å². The SMILES string of the molecule is CN1CCC(N2CCC(CCN(C)C(=O)[C@@H]3CC[C@H](CN)O3)CC2)CC1. The zero-order valence-corrected chi connectivity index (χ0v) is 16.7. The molecular weight excluding hydrogens is 328 g/mol. The molecule has 6 nitrogen and oxygen atoms in total. The molecule has 3 fully saturated rings. The largest absolute Gasteiger partial charge is 0.364 e. The zero-order chi connectivity index (χ0) is 18.5. The van der Waals surface area contributed by atoms with Gasteiger partial charge in [-0.15, -0.1) is 0 Å². The molecule has 0 aromatic carbocycles. The Balaban J connectivity index is 1.34. The predicted molar refractivity (Wildman–Crippen MR) is 104 cm³/mol. The second-order valence-corrected chi connectivity index (χ2v) is 8.62. The maximum Gasteiger partial charge on any atom is 0.251 e. The third-order valence-corrected chi connectivity index (χ3v) is 6.75. The van der Waals surface area contributed by atoms with Gasteiger partial charge in [0.1, 0.15) is 6.10 Å². The van der Waals surface area contributed by atoms with Crippen LogP contribution in [0.3, 0.4) is 0 Å². The molecule has 0 aromatic heterocycles. The van der Waals surface area contributed by atoms with E-state index in [0.29, 0.717) is 6.54 Å². The molecule has 3 saturated heterocycles. The Bertz CT molecular complexity index is 445. The summed E-state index contributed by atoms with van der Waals surface area (Å²) >= 11 is 0. The Hall–Kier alpha value is -0.690. The first-order valence-electron chi connectivity index (χ1n) is 10.6. The standard InChI is InChI=1S/C20H38N4O2/c1-22-10-8-17(9-11-22)24-13-6-16(7-14-24)5-12-23(2)20(25)19-4-3-18(15-21)26-19/h16-19H,3-15,21H2,1-2H3/t18-,19+/m1/s1. The predicted octanol–water partition coefficient (Wildman–Crippen LogP) is 1.15. The van der Waals surface area contributed by atoms with E-state index in [4.69, 9.17) is 10.5 Å². The quantitative estimate of drug-likeness (QED) is 0.764. The maximum atomic E-state index is 12.5. The number of hydrogen-bond acceptors (Lipinski definition) is 5. The first kappa shape index (κ1) is 20.1. The van der Waals surface area contributed by atoms with Gasteiger partial charge in [0, 0.05) is 26.2 Å². The van der Waals surface area contributed by atoms with Crippen LogP contribution in [0.1, 0.15) is 44.9 Å². The fourth-order valence-electron chi connectivity index (χ4n) is 4.76. The molecule has 26 heavy (non-hydrogen) atoms. The van der Waals surface area contributed by atoms with Gasteiger partial charge in [-0.2, -0.15) is 0 Å². The number of piperidine rings is 2. The first-order chi connectivity index (χ1) is 12.6. The van der Waals surface area contributed by atoms with E-state index in [1.54, 1.807) is 0 Å². The average Bonchev–Trinajstić information content (AvgIpc) is 3.16. The molecule has 150 valence electrons. The van der Waals surface area contributed by atoms with Gasteiger partial charge in [0.15, 0.2) is 0 Å². The third kappa shape index (κ3) is 5.18. The smallest absolute Gasteiger partial charge is 0.251 e. The average molecular weight is 367 g/mol. The number of nitrogens with two attached hydrogens (primary N) is 1. The van der Waals surface area contributed by atoms with Crippen LogP contribution in [-0.4, -0.2) is 92.2 Å². The summed E-state index contributed by atoms with van der Waals surface area (Å²) in [6, 6.07) is 0.798. The second kappa shape index (κ2) is 9.49. The van der Waals surface area contributed by atoms with Crippen molar-refractivity contribution in [3.05, 3.63) is 0 Å². The highest BCUT2D eigenvalue weighted by Crippen LogP contribution is 2.26. The number of carbonyl (C=O) groups is 1. The van der Waals surface area contributed by atoms with E-state index in [0.717, 1.165) is 37.8 Å². The van der Waals surface area contributed by atoms with Crippen LogP contribution >= 0.6 is 0 Å². The van der Waals surface area contributed by atoms with Crippen LogP contribution < -0.4 is 5.73 Å². The van der Waals surface area contributed by atoms with Crippen LogP contribution in [0.15, 0.2) is 0 Å². The Labute approximate surface area is 159 Å². The van der Waals surface area contributed by atoms with Crippen molar-refractivity contribution < 1.29 is 9.53 Å². The molecule has 0 unspecified atom stereocenters. The van der Waals surface area contributed by atoms with Gasteiger partial charge in [-0.1, -0.05) is 0 Å². The summed E-state index contributed by atoms with van der Waals surface area (Å²) in [5.74, 6) is 0.902. The first-order valence-corrected chi connectivity index (χ1v) is 10.6. The van der Waals surface area contributed by atoms with Crippen molar-refractivity contribution in [1.29, 1.82) is 0 Å². The van der Waals surface area contributed by atoms with Crippen LogP contribution in [0, 0.1) is 5.92 Å². The van der Waals surface area contributed by atoms with E-state index in [-0.39, 0.29) is 18.1 Å². The van der Waals surface area contributed by atoms with E-state index in [9.17, 15) is 4.79 Å². The van der Waals surface area contributed by atoms with Crippen LogP contribution in [-0.2, 0) is 9.53 Å². The highest BCUT2D eigenvalue weighted by molar-refractivity contribution is 5.80. The molecule has 0 aliphatic carbocycles. The Morgan fingerprint density at radius 1 is 1.08 bits per heavy atom. The van der Waals surface area contributed by atoms with Gasteiger partial charge in [-0.05, 0) is 84.1 Å². The van der Waals surface area contributed by atoms with Crippen LogP contribution in [0.25, 0.3) is 0 Å². The van der Waals surface area contributed by atoms with Gasteiger partial charge in [0.05, 0.1) is 6.10 Å². The normalized spacial score (nSPS) is 30.0. The van der Waals surface area contributed by atoms with Gasteiger partial charge in [-0.25, -0.2) is 0 Å². The molecule has 3 heterocycles. The highest BCUT2D eigenvalue weighted by atomic mass is 16.5. The molecule has 0 spiro atoms. The lowest BCUT2D eigenvalue weighted by Gasteiger charge is -2.41. The third-order valence-electron chi connectivity index (χ3n) is 6.75. The second-order valence-electron chi connectivity index (χ2n) is 8.62. The van der Waals surface area contributed by atoms with E-state index in [1.165, 1.54) is 51.9 Å². The van der Waals surface area contributed by atoms with E-state index in [1.807, 2.05) is 11.9 Å². The van der Waals surface area contributed by atoms with Gasteiger partial charge in [0.2, 0.25) is 0 Å². The minimum atomic E-state index is -0.264. The zero-order valence-electron chi connectivity index (χ0n) is 16.7. The molecule has 3 rings (SSSR count). The fourth-order valence-corrected chi connectivity index (χ4v) is 4.76. The molecule has 3 aliphatic rings. The topological polar surface area (TPSA) is 62.0 Å². The summed E-state index contributed by atoms with van der Waals surface area (Å²) in [5.41, 5.74) is 5.64. The van der Waals surface area contributed by atoms with Crippen molar-refractivity contribution in [3.8, 4) is 0 Å². The number of likely N-dealkylation sites (N-methyl/N-ethyl adjacent to an activating group) is 1. The monoisotopic (exact) mass is 366 g/mol. The van der Waals surface area contributed by atoms with Gasteiger partial charge < -0.3 is 25.2 Å². The number of amides is 1. The van der Waals surface area contributed by atoms with Crippen molar-refractivity contribution in [2.75, 3.05) is 53.4 Å². The number of likely N-dealkylation sites (tertiary alicyclic amines) is 2. The number of ether oxygens (including phenoxy) is 1. The number of hydrogen-bond donors (Lipinski definition) is 1. The number of rotatable bonds is 6. The summed E-state index contributed by atoms with van der Waals surface area (Å²) in [6.45, 7) is 6.33. The maximum absolute atomic E-state index is 12.5. The van der Waals surface area contributed by atoms with Crippen LogP contribution in [0.4, 0.5) is 0 Å². The lowest BCUT2D eigenvalue weighted by Crippen LogP contribution is -2.47. The summed E-state index contributed by atoms with van der Waals surface area (Å²) in [6.07, 6.45) is 7.87. The summed E-state index contributed by atoms with van der Waals surface area (Å²) in [7, 11) is 4.15. The van der Waals surface area contributed by atoms with Crippen molar-refractivity contribution in [2.45, 2.75) is 63.2 Å². The molecule has 2 N–H and O–H groups in total. The van der Waals surface area contributed by atoms with E-state index >= 15 is 0 Å². The van der Waals surface area contributed by atoms with Crippen molar-refractivity contribution in [2.24, 2.45) is 11.7 Å². The summed E-state index contributed by atoms with van der Waals surface area (Å²) in [4.78, 5) is 19.6. The molecule has 2 atom stereocenters. The lowest BCUT2D eigenvalue weighted by atomic mass is 9.91. The van der Waals surface area contributed by atoms with E-state index in [2.05, 4.69) is 16.8 Å². The van der Waals surface area contributed by atoms with Gasteiger partial charge >= 0.3 is 0 Å². The number of nitrogens with zero attached hydrogens (tertiary/aromatic N) is 3. The number of carbonyl (C=O) groups excluding carboxylic acids is 1. The summed E-state index contributed by atoms with van der Waals surface area (Å²) < 4.78 is 5.75. The molecule has 0 radical (unpaired) electrons. The molecule has 6 heteroatoms. The van der Waals surface area contributed by atoms with Crippen LogP contribution in [0.2, 0.25) is 0 Å². The Morgan fingerprint density at radius 3 is 2.38 bits per heavy atom. The Morgan fingerprint density at radius 2 is 1.77 bits per heavy atom. The molecule has 0 aromatic rings. The highest BCUT2D eigenvalue weighted by Gasteiger charge is 2.32.